The highest BCUT2D eigenvalue weighted by Gasteiger charge is 2.39. The molecule has 0 saturated heterocycles. The molecule has 78 valence electrons. The summed E-state index contributed by atoms with van der Waals surface area (Å²) < 4.78 is 14.9. The molecule has 0 aliphatic carbocycles. The molecular weight excluding hydrogens is 172 g/mol. The summed E-state index contributed by atoms with van der Waals surface area (Å²) >= 11 is 0. The maximum Gasteiger partial charge on any atom is 0.366 e. The first-order chi connectivity index (χ1) is 6.16. The highest BCUT2D eigenvalue weighted by Crippen LogP contribution is 2.20. The van der Waals surface area contributed by atoms with Gasteiger partial charge in [-0.25, -0.2) is 4.79 Å². The molecule has 0 saturated carbocycles. The number of hydrogen-bond acceptors (Lipinski definition) is 4. The molecule has 0 rings (SSSR count). The van der Waals surface area contributed by atoms with Crippen molar-refractivity contribution in [3.8, 4) is 0 Å². The lowest BCUT2D eigenvalue weighted by molar-refractivity contribution is -0.232. The fourth-order valence-corrected chi connectivity index (χ4v) is 1.13. The van der Waals surface area contributed by atoms with Gasteiger partial charge in [-0.05, 0) is 6.92 Å². The van der Waals surface area contributed by atoms with Crippen molar-refractivity contribution >= 4 is 5.97 Å². The first-order valence-electron chi connectivity index (χ1n) is 4.44. The van der Waals surface area contributed by atoms with Crippen LogP contribution in [0.4, 0.5) is 0 Å². The van der Waals surface area contributed by atoms with E-state index in [-0.39, 0.29) is 0 Å². The minimum atomic E-state index is -1.22. The zero-order chi connectivity index (χ0) is 10.3. The Kier molecular flexibility index (Phi) is 5.66. The van der Waals surface area contributed by atoms with Gasteiger partial charge in [0, 0.05) is 20.6 Å². The van der Waals surface area contributed by atoms with Crippen molar-refractivity contribution in [2.45, 2.75) is 32.5 Å². The first-order valence-corrected chi connectivity index (χ1v) is 4.44. The van der Waals surface area contributed by atoms with E-state index in [4.69, 9.17) is 14.2 Å². The molecule has 0 aromatic rings. The van der Waals surface area contributed by atoms with E-state index >= 15 is 0 Å². The van der Waals surface area contributed by atoms with Crippen molar-refractivity contribution in [1.29, 1.82) is 0 Å². The molecule has 13 heavy (non-hydrogen) atoms. The molecule has 0 fully saturated rings. The number of rotatable bonds is 6. The van der Waals surface area contributed by atoms with E-state index in [0.29, 0.717) is 13.0 Å². The summed E-state index contributed by atoms with van der Waals surface area (Å²) in [5, 5.41) is 0. The van der Waals surface area contributed by atoms with Crippen LogP contribution in [0, 0.1) is 0 Å². The molecule has 0 aliphatic heterocycles. The van der Waals surface area contributed by atoms with E-state index in [0.717, 1.165) is 6.42 Å². The largest absolute Gasteiger partial charge is 0.462 e. The number of carbonyl (C=O) groups is 1. The predicted molar refractivity (Wildman–Crippen MR) is 48.3 cm³/mol. The Labute approximate surface area is 79.2 Å². The summed E-state index contributed by atoms with van der Waals surface area (Å²) in [5.41, 5.74) is 0. The third kappa shape index (κ3) is 2.97. The van der Waals surface area contributed by atoms with Crippen LogP contribution in [0.15, 0.2) is 0 Å². The Bertz CT molecular complexity index is 152. The van der Waals surface area contributed by atoms with Crippen LogP contribution in [-0.4, -0.2) is 32.6 Å². The highest BCUT2D eigenvalue weighted by molar-refractivity contribution is 5.77. The molecule has 0 spiro atoms. The Hall–Kier alpha value is -0.610. The molecule has 0 bridgehead atoms. The molecule has 4 heteroatoms. The normalized spacial score (nSPS) is 11.4. The van der Waals surface area contributed by atoms with Gasteiger partial charge in [0.25, 0.3) is 5.79 Å². The van der Waals surface area contributed by atoms with Gasteiger partial charge >= 0.3 is 5.97 Å². The first kappa shape index (κ1) is 12.4. The summed E-state index contributed by atoms with van der Waals surface area (Å²) in [6, 6.07) is 0. The zero-order valence-corrected chi connectivity index (χ0v) is 8.75. The van der Waals surface area contributed by atoms with E-state index in [1.165, 1.54) is 14.2 Å². The molecule has 0 heterocycles. The summed E-state index contributed by atoms with van der Waals surface area (Å²) in [6.07, 6.45) is 1.29. The Morgan fingerprint density at radius 1 is 1.23 bits per heavy atom. The highest BCUT2D eigenvalue weighted by atomic mass is 16.7. The number of ether oxygens (including phenoxy) is 3. The van der Waals surface area contributed by atoms with Crippen LogP contribution in [0.1, 0.15) is 26.7 Å². The van der Waals surface area contributed by atoms with E-state index in [9.17, 15) is 4.79 Å². The van der Waals surface area contributed by atoms with Crippen molar-refractivity contribution in [3.05, 3.63) is 0 Å². The molecule has 0 N–H and O–H groups in total. The van der Waals surface area contributed by atoms with Gasteiger partial charge in [0.15, 0.2) is 0 Å². The van der Waals surface area contributed by atoms with E-state index < -0.39 is 11.8 Å². The van der Waals surface area contributed by atoms with Gasteiger partial charge < -0.3 is 14.2 Å². The van der Waals surface area contributed by atoms with Gasteiger partial charge in [-0.3, -0.25) is 0 Å². The average Bonchev–Trinajstić information content (AvgIpc) is 2.14. The van der Waals surface area contributed by atoms with Crippen LogP contribution in [-0.2, 0) is 19.0 Å². The second kappa shape index (κ2) is 5.94. The molecule has 0 aromatic carbocycles. The van der Waals surface area contributed by atoms with Gasteiger partial charge in [0.2, 0.25) is 0 Å². The standard InChI is InChI=1S/C9H18O4/c1-5-7-9(11-3,12-4)8(10)13-6-2/h5-7H2,1-4H3. The number of carbonyl (C=O) groups excluding carboxylic acids is 1. The van der Waals surface area contributed by atoms with Crippen LogP contribution in [0.3, 0.4) is 0 Å². The third-order valence-corrected chi connectivity index (χ3v) is 1.83. The molecular formula is C9H18O4. The molecule has 4 nitrogen and oxygen atoms in total. The maximum atomic E-state index is 11.4. The molecule has 0 amide bonds. The number of methoxy groups -OCH3 is 2. The lowest BCUT2D eigenvalue weighted by Crippen LogP contribution is -2.43. The Balaban J connectivity index is 4.43. The van der Waals surface area contributed by atoms with Gasteiger partial charge in [-0.1, -0.05) is 13.3 Å². The van der Waals surface area contributed by atoms with Crippen molar-refractivity contribution in [2.24, 2.45) is 0 Å². The van der Waals surface area contributed by atoms with Crippen molar-refractivity contribution < 1.29 is 19.0 Å². The SMILES string of the molecule is CCCC(OC)(OC)C(=O)OCC. The molecule has 0 aliphatic rings. The van der Waals surface area contributed by atoms with Crippen LogP contribution >= 0.6 is 0 Å². The minimum Gasteiger partial charge on any atom is -0.462 e. The van der Waals surface area contributed by atoms with Gasteiger partial charge in [0.1, 0.15) is 0 Å². The summed E-state index contributed by atoms with van der Waals surface area (Å²) in [4.78, 5) is 11.4. The maximum absolute atomic E-state index is 11.4. The van der Waals surface area contributed by atoms with Crippen molar-refractivity contribution in [1.82, 2.24) is 0 Å². The fraction of sp³-hybridized carbons (Fsp3) is 0.889. The Morgan fingerprint density at radius 2 is 1.77 bits per heavy atom. The number of esters is 1. The summed E-state index contributed by atoms with van der Waals surface area (Å²) in [7, 11) is 2.88. The zero-order valence-electron chi connectivity index (χ0n) is 8.75. The van der Waals surface area contributed by atoms with Crippen molar-refractivity contribution in [3.63, 3.8) is 0 Å². The van der Waals surface area contributed by atoms with Crippen molar-refractivity contribution in [2.75, 3.05) is 20.8 Å². The van der Waals surface area contributed by atoms with Crippen LogP contribution in [0.25, 0.3) is 0 Å². The van der Waals surface area contributed by atoms with E-state index in [2.05, 4.69) is 0 Å². The summed E-state index contributed by atoms with van der Waals surface area (Å²) in [5.74, 6) is -1.67. The van der Waals surface area contributed by atoms with Crippen LogP contribution in [0.2, 0.25) is 0 Å². The topological polar surface area (TPSA) is 44.8 Å². The molecule has 0 atom stereocenters. The van der Waals surface area contributed by atoms with Gasteiger partial charge in [-0.15, -0.1) is 0 Å². The Morgan fingerprint density at radius 3 is 2.08 bits per heavy atom. The third-order valence-electron chi connectivity index (χ3n) is 1.83. The monoisotopic (exact) mass is 190 g/mol. The minimum absolute atomic E-state index is 0.330. The van der Waals surface area contributed by atoms with Crippen LogP contribution < -0.4 is 0 Å². The fourth-order valence-electron chi connectivity index (χ4n) is 1.13. The van der Waals surface area contributed by atoms with E-state index in [1.54, 1.807) is 6.92 Å². The second-order valence-corrected chi connectivity index (χ2v) is 2.63. The smallest absolute Gasteiger partial charge is 0.366 e. The lowest BCUT2D eigenvalue weighted by atomic mass is 10.1. The van der Waals surface area contributed by atoms with E-state index in [1.807, 2.05) is 6.92 Å². The molecule has 0 unspecified atom stereocenters. The predicted octanol–water partition coefficient (Wildman–Crippen LogP) is 1.34. The summed E-state index contributed by atoms with van der Waals surface area (Å²) in [6.45, 7) is 4.03. The average molecular weight is 190 g/mol. The molecule has 0 radical (unpaired) electrons. The second-order valence-electron chi connectivity index (χ2n) is 2.63. The van der Waals surface area contributed by atoms with Gasteiger partial charge in [0.05, 0.1) is 6.61 Å². The number of hydrogen-bond donors (Lipinski definition) is 0. The lowest BCUT2D eigenvalue weighted by Gasteiger charge is -2.27. The quantitative estimate of drug-likeness (QED) is 0.468. The van der Waals surface area contributed by atoms with Crippen LogP contribution in [0.5, 0.6) is 0 Å². The molecule has 0 aromatic heterocycles. The van der Waals surface area contributed by atoms with Gasteiger partial charge in [-0.2, -0.15) is 0 Å².